The number of ether oxygens (including phenoxy) is 2. The monoisotopic (exact) mass is 446 g/mol. The Labute approximate surface area is 193 Å². The number of benzene rings is 3. The lowest BCUT2D eigenvalue weighted by Crippen LogP contribution is -2.14. The summed E-state index contributed by atoms with van der Waals surface area (Å²) >= 11 is 6.19. The van der Waals surface area contributed by atoms with Crippen LogP contribution in [0, 0.1) is 12.3 Å². The summed E-state index contributed by atoms with van der Waals surface area (Å²) in [5.41, 5.74) is 2.13. The number of ketones is 1. The SMILES string of the molecule is C#CCOc1ccc(C(=O)c2ccc(OC(=O)c3cc(Cl)cc(C(C)(C)C)c3)cc2)cc1. The second-order valence-electron chi connectivity index (χ2n) is 8.24. The summed E-state index contributed by atoms with van der Waals surface area (Å²) in [6.07, 6.45) is 5.17. The highest BCUT2D eigenvalue weighted by atomic mass is 35.5. The van der Waals surface area contributed by atoms with Gasteiger partial charge in [0, 0.05) is 16.1 Å². The summed E-state index contributed by atoms with van der Waals surface area (Å²) in [6.45, 7) is 6.30. The Balaban J connectivity index is 1.71. The van der Waals surface area contributed by atoms with Gasteiger partial charge in [0.1, 0.15) is 18.1 Å². The van der Waals surface area contributed by atoms with Crippen LogP contribution in [0.5, 0.6) is 11.5 Å². The molecule has 3 rings (SSSR count). The fraction of sp³-hybridized carbons (Fsp3) is 0.185. The molecular weight excluding hydrogens is 424 g/mol. The number of halogens is 1. The number of esters is 1. The molecule has 3 aromatic rings. The van der Waals surface area contributed by atoms with Crippen molar-refractivity contribution in [2.45, 2.75) is 26.2 Å². The first kappa shape index (κ1) is 23.1. The zero-order valence-corrected chi connectivity index (χ0v) is 18.9. The lowest BCUT2D eigenvalue weighted by Gasteiger charge is -2.20. The third kappa shape index (κ3) is 5.78. The van der Waals surface area contributed by atoms with Crippen LogP contribution < -0.4 is 9.47 Å². The van der Waals surface area contributed by atoms with E-state index in [0.717, 1.165) is 5.56 Å². The summed E-state index contributed by atoms with van der Waals surface area (Å²) < 4.78 is 10.8. The minimum atomic E-state index is -0.514. The molecule has 0 heterocycles. The standard InChI is InChI=1S/C27H23ClO4/c1-5-14-31-23-10-6-18(7-11-23)25(29)19-8-12-24(13-9-19)32-26(30)20-15-21(27(2,3)4)17-22(28)16-20/h1,6-13,15-17H,14H2,2-4H3. The highest BCUT2D eigenvalue weighted by Gasteiger charge is 2.18. The maximum atomic E-state index is 12.7. The first-order valence-electron chi connectivity index (χ1n) is 10.0. The topological polar surface area (TPSA) is 52.6 Å². The number of rotatable bonds is 6. The van der Waals surface area contributed by atoms with Gasteiger partial charge >= 0.3 is 5.97 Å². The molecule has 162 valence electrons. The Morgan fingerprint density at radius 2 is 1.44 bits per heavy atom. The van der Waals surface area contributed by atoms with E-state index in [1.807, 2.05) is 26.8 Å². The van der Waals surface area contributed by atoms with Gasteiger partial charge in [0.15, 0.2) is 5.78 Å². The number of hydrogen-bond donors (Lipinski definition) is 0. The van der Waals surface area contributed by atoms with E-state index in [-0.39, 0.29) is 17.8 Å². The van der Waals surface area contributed by atoms with Crippen LogP contribution in [-0.4, -0.2) is 18.4 Å². The van der Waals surface area contributed by atoms with Gasteiger partial charge in [-0.15, -0.1) is 6.42 Å². The van der Waals surface area contributed by atoms with Crippen molar-refractivity contribution in [2.75, 3.05) is 6.61 Å². The molecule has 3 aromatic carbocycles. The lowest BCUT2D eigenvalue weighted by atomic mass is 9.86. The van der Waals surface area contributed by atoms with Gasteiger partial charge in [-0.3, -0.25) is 4.79 Å². The van der Waals surface area contributed by atoms with Crippen LogP contribution in [0.1, 0.15) is 52.6 Å². The van der Waals surface area contributed by atoms with Crippen LogP contribution in [0.4, 0.5) is 0 Å². The number of hydrogen-bond acceptors (Lipinski definition) is 4. The number of terminal acetylenes is 1. The Morgan fingerprint density at radius 1 is 0.875 bits per heavy atom. The molecule has 5 heteroatoms. The summed E-state index contributed by atoms with van der Waals surface area (Å²) in [5, 5.41) is 0.473. The van der Waals surface area contributed by atoms with Crippen molar-refractivity contribution in [1.82, 2.24) is 0 Å². The molecule has 0 aromatic heterocycles. The summed E-state index contributed by atoms with van der Waals surface area (Å²) in [4.78, 5) is 25.3. The lowest BCUT2D eigenvalue weighted by molar-refractivity contribution is 0.0734. The third-order valence-electron chi connectivity index (χ3n) is 4.77. The molecule has 0 saturated carbocycles. The highest BCUT2D eigenvalue weighted by Crippen LogP contribution is 2.27. The van der Waals surface area contributed by atoms with Gasteiger partial charge in [-0.1, -0.05) is 38.3 Å². The average molecular weight is 447 g/mol. The second-order valence-corrected chi connectivity index (χ2v) is 8.68. The van der Waals surface area contributed by atoms with Crippen molar-refractivity contribution in [3.63, 3.8) is 0 Å². The van der Waals surface area contributed by atoms with Crippen molar-refractivity contribution < 1.29 is 19.1 Å². The molecule has 0 spiro atoms. The van der Waals surface area contributed by atoms with Crippen LogP contribution in [0.15, 0.2) is 66.7 Å². The van der Waals surface area contributed by atoms with Crippen LogP contribution in [0.25, 0.3) is 0 Å². The molecule has 0 bridgehead atoms. The van der Waals surface area contributed by atoms with Gasteiger partial charge < -0.3 is 9.47 Å². The molecule has 0 unspecified atom stereocenters. The molecule has 4 nitrogen and oxygen atoms in total. The summed E-state index contributed by atoms with van der Waals surface area (Å²) in [6, 6.07) is 18.3. The maximum absolute atomic E-state index is 12.7. The van der Waals surface area contributed by atoms with E-state index in [0.29, 0.717) is 33.2 Å². The van der Waals surface area contributed by atoms with Gasteiger partial charge in [-0.2, -0.15) is 0 Å². The maximum Gasteiger partial charge on any atom is 0.343 e. The van der Waals surface area contributed by atoms with Crippen molar-refractivity contribution in [3.05, 3.63) is 94.0 Å². The predicted molar refractivity (Wildman–Crippen MR) is 126 cm³/mol. The Kier molecular flexibility index (Phi) is 7.02. The first-order valence-corrected chi connectivity index (χ1v) is 10.4. The molecule has 0 atom stereocenters. The van der Waals surface area contributed by atoms with E-state index in [9.17, 15) is 9.59 Å². The van der Waals surface area contributed by atoms with E-state index < -0.39 is 5.97 Å². The van der Waals surface area contributed by atoms with Gasteiger partial charge in [-0.25, -0.2) is 4.79 Å². The third-order valence-corrected chi connectivity index (χ3v) is 4.98. The fourth-order valence-electron chi connectivity index (χ4n) is 2.98. The largest absolute Gasteiger partial charge is 0.481 e. The van der Waals surface area contributed by atoms with Crippen LogP contribution in [0.3, 0.4) is 0 Å². The highest BCUT2D eigenvalue weighted by molar-refractivity contribution is 6.31. The minimum Gasteiger partial charge on any atom is -0.481 e. The normalized spacial score (nSPS) is 10.8. The quantitative estimate of drug-likeness (QED) is 0.199. The Bertz CT molecular complexity index is 1160. The molecule has 0 radical (unpaired) electrons. The predicted octanol–water partition coefficient (Wildman–Crippen LogP) is 6.10. The molecule has 0 saturated heterocycles. The van der Waals surface area contributed by atoms with E-state index in [1.165, 1.54) is 0 Å². The van der Waals surface area contributed by atoms with E-state index in [1.54, 1.807) is 60.7 Å². The smallest absolute Gasteiger partial charge is 0.343 e. The zero-order chi connectivity index (χ0) is 23.3. The molecule has 0 fully saturated rings. The van der Waals surface area contributed by atoms with Crippen LogP contribution in [-0.2, 0) is 5.41 Å². The van der Waals surface area contributed by atoms with Crippen molar-refractivity contribution in [1.29, 1.82) is 0 Å². The Hall–Kier alpha value is -3.55. The van der Waals surface area contributed by atoms with E-state index in [2.05, 4.69) is 5.92 Å². The molecular formula is C27H23ClO4. The molecule has 0 aliphatic carbocycles. The van der Waals surface area contributed by atoms with Crippen LogP contribution >= 0.6 is 11.6 Å². The van der Waals surface area contributed by atoms with Crippen molar-refractivity contribution in [3.8, 4) is 23.8 Å². The number of carbonyl (C=O) groups excluding carboxylic acids is 2. The molecule has 0 aliphatic heterocycles. The first-order chi connectivity index (χ1) is 15.2. The van der Waals surface area contributed by atoms with Gasteiger partial charge in [0.05, 0.1) is 5.56 Å². The van der Waals surface area contributed by atoms with Gasteiger partial charge in [-0.05, 0) is 77.7 Å². The molecule has 0 N–H and O–H groups in total. The molecule has 32 heavy (non-hydrogen) atoms. The second kappa shape index (κ2) is 9.72. The molecule has 0 aliphatic rings. The van der Waals surface area contributed by atoms with Gasteiger partial charge in [0.25, 0.3) is 0 Å². The van der Waals surface area contributed by atoms with E-state index >= 15 is 0 Å². The van der Waals surface area contributed by atoms with Gasteiger partial charge in [0.2, 0.25) is 0 Å². The minimum absolute atomic E-state index is 0.156. The molecule has 0 amide bonds. The zero-order valence-electron chi connectivity index (χ0n) is 18.1. The van der Waals surface area contributed by atoms with E-state index in [4.69, 9.17) is 27.5 Å². The fourth-order valence-corrected chi connectivity index (χ4v) is 3.21. The Morgan fingerprint density at radius 3 is 1.97 bits per heavy atom. The summed E-state index contributed by atoms with van der Waals surface area (Å²) in [7, 11) is 0. The summed E-state index contributed by atoms with van der Waals surface area (Å²) in [5.74, 6) is 2.65. The average Bonchev–Trinajstić information content (AvgIpc) is 2.77. The van der Waals surface area contributed by atoms with Crippen LogP contribution in [0.2, 0.25) is 5.02 Å². The number of carbonyl (C=O) groups is 2. The van der Waals surface area contributed by atoms with Crippen molar-refractivity contribution >= 4 is 23.4 Å². The van der Waals surface area contributed by atoms with Crippen molar-refractivity contribution in [2.24, 2.45) is 0 Å².